The first kappa shape index (κ1) is 31.4. The van der Waals surface area contributed by atoms with Crippen LogP contribution in [-0.4, -0.2) is 26.2 Å². The first-order chi connectivity index (χ1) is 14.0. The summed E-state index contributed by atoms with van der Waals surface area (Å²) in [6.07, 6.45) is 3.17. The van der Waals surface area contributed by atoms with E-state index in [0.717, 1.165) is 14.2 Å². The van der Waals surface area contributed by atoms with Crippen molar-refractivity contribution in [2.24, 2.45) is 0 Å². The molecule has 0 bridgehead atoms. The summed E-state index contributed by atoms with van der Waals surface area (Å²) >= 11 is 0. The second kappa shape index (κ2) is 14.0. The molecule has 2 aromatic rings. The summed E-state index contributed by atoms with van der Waals surface area (Å²) in [6, 6.07) is 11.8. The molecule has 0 N–H and O–H groups in total. The fourth-order valence-electron chi connectivity index (χ4n) is 2.11. The third-order valence-corrected chi connectivity index (χ3v) is 5.22. The molecule has 0 aromatic heterocycles. The SMILES string of the molecule is COP(=O)([O-])OC(=O)c1cccc(/C=C/c2cccc(C(=O)OP(=O)([O-])OC)c2)c1.[Na+].[Na+]. The number of rotatable bonds is 8. The maximum absolute atomic E-state index is 11.9. The van der Waals surface area contributed by atoms with Gasteiger partial charge in [0.1, 0.15) is 0 Å². The summed E-state index contributed by atoms with van der Waals surface area (Å²) in [5, 5.41) is 0. The van der Waals surface area contributed by atoms with E-state index in [9.17, 15) is 28.5 Å². The Morgan fingerprint density at radius 2 is 1.09 bits per heavy atom. The van der Waals surface area contributed by atoms with E-state index in [1.807, 2.05) is 0 Å². The van der Waals surface area contributed by atoms with E-state index >= 15 is 0 Å². The molecule has 2 aromatic carbocycles. The van der Waals surface area contributed by atoms with Gasteiger partial charge in [0.05, 0.1) is 11.1 Å². The Morgan fingerprint density at radius 1 is 0.750 bits per heavy atom. The van der Waals surface area contributed by atoms with Crippen LogP contribution in [0.1, 0.15) is 31.8 Å². The predicted octanol–water partition coefficient (Wildman–Crippen LogP) is -3.59. The van der Waals surface area contributed by atoms with Crippen LogP contribution in [0.5, 0.6) is 0 Å². The fourth-order valence-corrected chi connectivity index (χ4v) is 2.88. The molecule has 160 valence electrons. The van der Waals surface area contributed by atoms with E-state index in [4.69, 9.17) is 0 Å². The number of phosphoric acid groups is 2. The van der Waals surface area contributed by atoms with Crippen LogP contribution in [0.2, 0.25) is 0 Å². The van der Waals surface area contributed by atoms with Crippen molar-refractivity contribution in [1.29, 1.82) is 0 Å². The molecular weight excluding hydrogens is 484 g/mol. The number of hydrogen-bond donors (Lipinski definition) is 0. The minimum absolute atomic E-state index is 0. The fraction of sp³-hybridized carbons (Fsp3) is 0.111. The molecule has 32 heavy (non-hydrogen) atoms. The van der Waals surface area contributed by atoms with Gasteiger partial charge in [0.2, 0.25) is 0 Å². The Balaban J connectivity index is 0.00000480. The number of hydrogen-bond acceptors (Lipinski definition) is 10. The van der Waals surface area contributed by atoms with Gasteiger partial charge >= 0.3 is 86.7 Å². The summed E-state index contributed by atoms with van der Waals surface area (Å²) in [5.74, 6) is -2.20. The van der Waals surface area contributed by atoms with Crippen molar-refractivity contribution in [3.8, 4) is 0 Å². The Morgan fingerprint density at radius 3 is 1.41 bits per heavy atom. The molecule has 0 aliphatic carbocycles. The average molecular weight is 500 g/mol. The third kappa shape index (κ3) is 10.1. The predicted molar refractivity (Wildman–Crippen MR) is 102 cm³/mol. The summed E-state index contributed by atoms with van der Waals surface area (Å²) in [7, 11) is -7.70. The second-order valence-corrected chi connectivity index (χ2v) is 8.49. The maximum Gasteiger partial charge on any atom is 1.00 e. The molecular formula is C18H16Na2O10P2. The van der Waals surface area contributed by atoms with Crippen LogP contribution in [0.25, 0.3) is 12.2 Å². The zero-order chi connectivity index (χ0) is 22.4. The van der Waals surface area contributed by atoms with E-state index < -0.39 is 27.6 Å². The third-order valence-electron chi connectivity index (χ3n) is 3.55. The molecule has 0 aliphatic heterocycles. The van der Waals surface area contributed by atoms with Gasteiger partial charge in [0.25, 0.3) is 0 Å². The second-order valence-electron chi connectivity index (χ2n) is 5.60. The van der Waals surface area contributed by atoms with E-state index in [2.05, 4.69) is 18.1 Å². The van der Waals surface area contributed by atoms with E-state index in [1.165, 1.54) is 36.4 Å². The Kier molecular flexibility index (Phi) is 13.7. The Hall–Kier alpha value is -0.580. The number of carbonyl (C=O) groups excluding carboxylic acids is 2. The summed E-state index contributed by atoms with van der Waals surface area (Å²) < 4.78 is 39.2. The monoisotopic (exact) mass is 500 g/mol. The zero-order valence-corrected chi connectivity index (χ0v) is 23.5. The number of carbonyl (C=O) groups is 2. The Bertz CT molecular complexity index is 990. The minimum atomic E-state index is -4.72. The molecule has 0 aliphatic rings. The number of phosphoric ester groups is 2. The van der Waals surface area contributed by atoms with Crippen LogP contribution < -0.4 is 68.9 Å². The topological polar surface area (TPSA) is 151 Å². The normalized spacial score (nSPS) is 14.2. The van der Waals surface area contributed by atoms with Crippen molar-refractivity contribution < 1.29 is 106 Å². The first-order valence-electron chi connectivity index (χ1n) is 8.15. The van der Waals surface area contributed by atoms with Gasteiger partial charge in [0, 0.05) is 14.2 Å². The van der Waals surface area contributed by atoms with Crippen molar-refractivity contribution in [2.75, 3.05) is 14.2 Å². The van der Waals surface area contributed by atoms with Crippen LogP contribution in [0.4, 0.5) is 0 Å². The van der Waals surface area contributed by atoms with E-state index in [0.29, 0.717) is 11.1 Å². The standard InChI is InChI=1S/C18H18O10P2.2Na/c1-25-29(21,22)27-17(19)15-7-3-5-13(11-15)9-10-14-6-4-8-16(12-14)18(20)28-30(23,24)26-2;;/h3-12H,1-2H3,(H,21,22)(H,23,24);;/q;2*+1/p-2/b10-9+;;. The summed E-state index contributed by atoms with van der Waals surface area (Å²) in [5.41, 5.74) is 1.01. The van der Waals surface area contributed by atoms with Gasteiger partial charge in [-0.25, -0.2) is 9.59 Å². The molecule has 0 spiro atoms. The number of benzene rings is 2. The van der Waals surface area contributed by atoms with Gasteiger partial charge in [-0.3, -0.25) is 9.13 Å². The van der Waals surface area contributed by atoms with Crippen LogP contribution in [-0.2, 0) is 27.2 Å². The van der Waals surface area contributed by atoms with Crippen molar-refractivity contribution >= 4 is 39.7 Å². The van der Waals surface area contributed by atoms with Crippen molar-refractivity contribution in [1.82, 2.24) is 0 Å². The molecule has 0 amide bonds. The van der Waals surface area contributed by atoms with Gasteiger partial charge in [0.15, 0.2) is 0 Å². The molecule has 0 saturated carbocycles. The van der Waals surface area contributed by atoms with Crippen LogP contribution in [0.15, 0.2) is 48.5 Å². The smallest absolute Gasteiger partial charge is 0.746 e. The Labute approximate surface area is 228 Å². The molecule has 0 saturated heterocycles. The molecule has 14 heteroatoms. The average Bonchev–Trinajstić information content (AvgIpc) is 2.72. The molecule has 2 atom stereocenters. The maximum atomic E-state index is 11.9. The van der Waals surface area contributed by atoms with Gasteiger partial charge in [-0.2, -0.15) is 0 Å². The summed E-state index contributed by atoms with van der Waals surface area (Å²) in [6.45, 7) is 0. The van der Waals surface area contributed by atoms with Gasteiger partial charge in [-0.15, -0.1) is 0 Å². The van der Waals surface area contributed by atoms with Crippen LogP contribution in [0.3, 0.4) is 0 Å². The van der Waals surface area contributed by atoms with Gasteiger partial charge in [-0.05, 0) is 35.4 Å². The van der Waals surface area contributed by atoms with Crippen molar-refractivity contribution in [3.63, 3.8) is 0 Å². The molecule has 0 fully saturated rings. The molecule has 0 radical (unpaired) electrons. The van der Waals surface area contributed by atoms with E-state index in [1.54, 1.807) is 24.3 Å². The quantitative estimate of drug-likeness (QED) is 0.202. The molecule has 0 heterocycles. The minimum Gasteiger partial charge on any atom is -0.746 e. The molecule has 10 nitrogen and oxygen atoms in total. The van der Waals surface area contributed by atoms with Crippen molar-refractivity contribution in [2.45, 2.75) is 0 Å². The van der Waals surface area contributed by atoms with Gasteiger partial charge in [-0.1, -0.05) is 36.4 Å². The zero-order valence-electron chi connectivity index (χ0n) is 17.8. The van der Waals surface area contributed by atoms with Crippen LogP contribution in [0, 0.1) is 0 Å². The summed E-state index contributed by atoms with van der Waals surface area (Å²) in [4.78, 5) is 46.3. The van der Waals surface area contributed by atoms with E-state index in [-0.39, 0.29) is 70.2 Å². The van der Waals surface area contributed by atoms with Crippen molar-refractivity contribution in [3.05, 3.63) is 70.8 Å². The molecule has 2 unspecified atom stereocenters. The van der Waals surface area contributed by atoms with Crippen LogP contribution >= 0.6 is 15.6 Å². The molecule has 2 rings (SSSR count). The first-order valence-corrected chi connectivity index (χ1v) is 11.1. The van der Waals surface area contributed by atoms with Gasteiger partial charge < -0.3 is 27.9 Å². The largest absolute Gasteiger partial charge is 1.00 e.